The molecule has 0 amide bonds. The van der Waals surface area contributed by atoms with Crippen LogP contribution in [-0.4, -0.2) is 81.3 Å². The fourth-order valence-corrected chi connectivity index (χ4v) is 4.17. The van der Waals surface area contributed by atoms with E-state index in [0.29, 0.717) is 6.04 Å². The molecule has 0 bridgehead atoms. The Labute approximate surface area is 193 Å². The van der Waals surface area contributed by atoms with Crippen LogP contribution < -0.4 is 10.6 Å². The van der Waals surface area contributed by atoms with E-state index in [1.54, 1.807) is 0 Å². The van der Waals surface area contributed by atoms with E-state index in [-0.39, 0.29) is 29.6 Å². The molecule has 1 aromatic rings. The van der Waals surface area contributed by atoms with E-state index in [0.717, 1.165) is 71.1 Å². The van der Waals surface area contributed by atoms with Gasteiger partial charge in [0.2, 0.25) is 0 Å². The van der Waals surface area contributed by atoms with Crippen LogP contribution in [0.1, 0.15) is 37.8 Å². The predicted molar refractivity (Wildman–Crippen MR) is 131 cm³/mol. The normalized spacial score (nSPS) is 26.2. The second-order valence-corrected chi connectivity index (χ2v) is 8.33. The van der Waals surface area contributed by atoms with Crippen molar-refractivity contribution in [2.45, 2.75) is 37.8 Å². The first-order chi connectivity index (χ1) is 13.6. The lowest BCUT2D eigenvalue weighted by Crippen LogP contribution is -2.48. The van der Waals surface area contributed by atoms with Crippen LogP contribution in [-0.2, 0) is 4.74 Å². The third-order valence-electron chi connectivity index (χ3n) is 5.95. The fraction of sp³-hybridized carbons (Fsp3) is 0.682. The highest BCUT2D eigenvalue weighted by Gasteiger charge is 2.29. The molecule has 2 heterocycles. The molecule has 2 saturated heterocycles. The molecule has 2 N–H and O–H groups in total. The smallest absolute Gasteiger partial charge is 0.191 e. The molecule has 2 aliphatic rings. The van der Waals surface area contributed by atoms with Gasteiger partial charge in [-0.15, -0.1) is 24.0 Å². The van der Waals surface area contributed by atoms with Crippen molar-refractivity contribution in [3.05, 3.63) is 35.9 Å². The van der Waals surface area contributed by atoms with E-state index in [4.69, 9.17) is 4.74 Å². The molecule has 0 spiro atoms. The summed E-state index contributed by atoms with van der Waals surface area (Å²) < 4.78 is 5.85. The summed E-state index contributed by atoms with van der Waals surface area (Å²) in [5.74, 6) is 0.870. The number of rotatable bonds is 7. The second-order valence-electron chi connectivity index (χ2n) is 8.33. The van der Waals surface area contributed by atoms with Gasteiger partial charge in [0.1, 0.15) is 0 Å². The molecule has 0 aromatic heterocycles. The van der Waals surface area contributed by atoms with Gasteiger partial charge in [-0.1, -0.05) is 30.3 Å². The molecule has 0 aliphatic carbocycles. The topological polar surface area (TPSA) is 52.1 Å². The molecule has 29 heavy (non-hydrogen) atoms. The molecule has 0 radical (unpaired) electrons. The van der Waals surface area contributed by atoms with E-state index in [1.807, 2.05) is 7.05 Å². The zero-order valence-corrected chi connectivity index (χ0v) is 20.5. The number of benzene rings is 1. The molecule has 1 aromatic carbocycles. The van der Waals surface area contributed by atoms with Crippen molar-refractivity contribution in [2.75, 3.05) is 60.0 Å². The van der Waals surface area contributed by atoms with Crippen LogP contribution in [0.5, 0.6) is 0 Å². The summed E-state index contributed by atoms with van der Waals surface area (Å²) in [6, 6.07) is 11.4. The Bertz CT molecular complexity index is 621. The predicted octanol–water partition coefficient (Wildman–Crippen LogP) is 2.72. The van der Waals surface area contributed by atoms with Gasteiger partial charge in [0.25, 0.3) is 0 Å². The molecular weight excluding hydrogens is 477 g/mol. The highest BCUT2D eigenvalue weighted by atomic mass is 127. The number of ether oxygens (including phenoxy) is 1. The van der Waals surface area contributed by atoms with Gasteiger partial charge in [0.15, 0.2) is 5.96 Å². The van der Waals surface area contributed by atoms with Gasteiger partial charge in [-0.05, 0) is 38.8 Å². The number of piperazine rings is 1. The molecule has 0 saturated carbocycles. The Morgan fingerprint density at radius 2 is 2.03 bits per heavy atom. The second kappa shape index (κ2) is 12.1. The average molecular weight is 515 g/mol. The number of hydrogen-bond acceptors (Lipinski definition) is 4. The molecular formula is C22H38IN5O. The summed E-state index contributed by atoms with van der Waals surface area (Å²) in [4.78, 5) is 9.42. The minimum atomic E-state index is -0.0552. The van der Waals surface area contributed by atoms with Gasteiger partial charge < -0.3 is 20.3 Å². The van der Waals surface area contributed by atoms with Crippen LogP contribution in [0.2, 0.25) is 0 Å². The number of hydrogen-bond donors (Lipinski definition) is 2. The minimum absolute atomic E-state index is 0. The summed E-state index contributed by atoms with van der Waals surface area (Å²) in [5.41, 5.74) is 1.37. The van der Waals surface area contributed by atoms with E-state index in [2.05, 4.69) is 69.7 Å². The SMILES string of the molecule is CN=C(NCCCN1CCN(C)CC1c1ccccc1)NCC1(C)CCCO1.I. The maximum atomic E-state index is 5.85. The maximum absolute atomic E-state index is 5.85. The summed E-state index contributed by atoms with van der Waals surface area (Å²) in [7, 11) is 4.05. The first kappa shape index (κ1) is 24.4. The maximum Gasteiger partial charge on any atom is 0.191 e. The molecule has 2 atom stereocenters. The van der Waals surface area contributed by atoms with Crippen molar-refractivity contribution >= 4 is 29.9 Å². The number of aliphatic imine (C=N–C) groups is 1. The van der Waals surface area contributed by atoms with Crippen molar-refractivity contribution in [2.24, 2.45) is 4.99 Å². The first-order valence-corrected chi connectivity index (χ1v) is 10.7. The number of nitrogens with zero attached hydrogens (tertiary/aromatic N) is 3. The Kier molecular flexibility index (Phi) is 10.1. The van der Waals surface area contributed by atoms with Crippen LogP contribution in [0.15, 0.2) is 35.3 Å². The van der Waals surface area contributed by atoms with Crippen molar-refractivity contribution < 1.29 is 4.74 Å². The fourth-order valence-electron chi connectivity index (χ4n) is 4.17. The van der Waals surface area contributed by atoms with Crippen molar-refractivity contribution in [3.63, 3.8) is 0 Å². The van der Waals surface area contributed by atoms with Crippen molar-refractivity contribution in [1.29, 1.82) is 0 Å². The van der Waals surface area contributed by atoms with Crippen LogP contribution in [0.4, 0.5) is 0 Å². The summed E-state index contributed by atoms with van der Waals surface area (Å²) in [6.07, 6.45) is 3.36. The lowest BCUT2D eigenvalue weighted by molar-refractivity contribution is 0.0243. The van der Waals surface area contributed by atoms with Crippen LogP contribution >= 0.6 is 24.0 Å². The molecule has 164 valence electrons. The summed E-state index contributed by atoms with van der Waals surface area (Å²) >= 11 is 0. The zero-order valence-electron chi connectivity index (χ0n) is 18.2. The largest absolute Gasteiger partial charge is 0.373 e. The number of likely N-dealkylation sites (N-methyl/N-ethyl adjacent to an activating group) is 1. The lowest BCUT2D eigenvalue weighted by Gasteiger charge is -2.40. The number of guanidine groups is 1. The minimum Gasteiger partial charge on any atom is -0.373 e. The molecule has 2 unspecified atom stereocenters. The van der Waals surface area contributed by atoms with E-state index < -0.39 is 0 Å². The molecule has 2 fully saturated rings. The Morgan fingerprint density at radius 3 is 2.72 bits per heavy atom. The highest BCUT2D eigenvalue weighted by Crippen LogP contribution is 2.25. The van der Waals surface area contributed by atoms with E-state index >= 15 is 0 Å². The standard InChI is InChI=1S/C22H37N5O.HI/c1-22(11-7-16-28-22)18-25-21(23-2)24-12-8-13-27-15-14-26(3)17-20(27)19-9-5-4-6-10-19;/h4-6,9-10,20H,7-8,11-18H2,1-3H3,(H2,23,24,25);1H. The van der Waals surface area contributed by atoms with Crippen molar-refractivity contribution in [3.8, 4) is 0 Å². The highest BCUT2D eigenvalue weighted by molar-refractivity contribution is 14.0. The number of halogens is 1. The molecule has 2 aliphatic heterocycles. The monoisotopic (exact) mass is 515 g/mol. The molecule has 7 heteroatoms. The van der Waals surface area contributed by atoms with Gasteiger partial charge in [-0.25, -0.2) is 0 Å². The average Bonchev–Trinajstić information content (AvgIpc) is 3.15. The first-order valence-electron chi connectivity index (χ1n) is 10.7. The van der Waals surface area contributed by atoms with Crippen molar-refractivity contribution in [1.82, 2.24) is 20.4 Å². The van der Waals surface area contributed by atoms with E-state index in [1.165, 1.54) is 5.56 Å². The Balaban J connectivity index is 0.00000300. The van der Waals surface area contributed by atoms with Crippen LogP contribution in [0.3, 0.4) is 0 Å². The molecule has 3 rings (SSSR count). The van der Waals surface area contributed by atoms with Gasteiger partial charge in [-0.3, -0.25) is 9.89 Å². The molecule has 6 nitrogen and oxygen atoms in total. The van der Waals surface area contributed by atoms with Gasteiger partial charge in [0.05, 0.1) is 5.60 Å². The Morgan fingerprint density at radius 1 is 1.24 bits per heavy atom. The Hall–Kier alpha value is -0.900. The van der Waals surface area contributed by atoms with E-state index in [9.17, 15) is 0 Å². The summed E-state index contributed by atoms with van der Waals surface area (Å²) in [6.45, 7) is 9.23. The van der Waals surface area contributed by atoms with Gasteiger partial charge in [-0.2, -0.15) is 0 Å². The van der Waals surface area contributed by atoms with Gasteiger partial charge >= 0.3 is 0 Å². The third kappa shape index (κ3) is 7.38. The van der Waals surface area contributed by atoms with Crippen LogP contribution in [0.25, 0.3) is 0 Å². The quantitative estimate of drug-likeness (QED) is 0.253. The zero-order chi connectivity index (χ0) is 19.8. The lowest BCUT2D eigenvalue weighted by atomic mass is 10.0. The van der Waals surface area contributed by atoms with Crippen LogP contribution in [0, 0.1) is 0 Å². The summed E-state index contributed by atoms with van der Waals surface area (Å²) in [5, 5.41) is 6.88. The third-order valence-corrected chi connectivity index (χ3v) is 5.95. The van der Waals surface area contributed by atoms with Gasteiger partial charge in [0, 0.05) is 59.0 Å². The number of nitrogens with one attached hydrogen (secondary N) is 2.